The molecule has 0 aliphatic heterocycles. The molecule has 5 aromatic rings. The first-order valence-corrected chi connectivity index (χ1v) is 11.5. The van der Waals surface area contributed by atoms with Crippen molar-refractivity contribution in [3.05, 3.63) is 103 Å². The predicted molar refractivity (Wildman–Crippen MR) is 123 cm³/mol. The Balaban J connectivity index is 1.58. The van der Waals surface area contributed by atoms with Gasteiger partial charge in [0.2, 0.25) is 10.0 Å². The smallest absolute Gasteiger partial charge is 0.238 e. The fraction of sp³-hybridized carbons (Fsp3) is 0.0417. The van der Waals surface area contributed by atoms with Gasteiger partial charge in [0.25, 0.3) is 0 Å². The predicted octanol–water partition coefficient (Wildman–Crippen LogP) is 3.72. The molecule has 2 aromatic heterocycles. The van der Waals surface area contributed by atoms with Crippen molar-refractivity contribution in [2.45, 2.75) is 11.3 Å². The van der Waals surface area contributed by atoms with E-state index in [0.29, 0.717) is 17.0 Å². The van der Waals surface area contributed by atoms with Crippen molar-refractivity contribution >= 4 is 21.2 Å². The van der Waals surface area contributed by atoms with Gasteiger partial charge in [0.1, 0.15) is 17.7 Å². The van der Waals surface area contributed by atoms with Gasteiger partial charge in [-0.05, 0) is 53.9 Å². The molecule has 0 spiro atoms. The Morgan fingerprint density at radius 3 is 2.22 bits per heavy atom. The summed E-state index contributed by atoms with van der Waals surface area (Å²) >= 11 is 0. The normalized spacial score (nSPS) is 11.7. The minimum atomic E-state index is -3.77. The van der Waals surface area contributed by atoms with Crippen LogP contribution in [0.2, 0.25) is 0 Å². The topological polar surface area (TPSA) is 104 Å². The van der Waals surface area contributed by atoms with Crippen LogP contribution in [0.1, 0.15) is 11.1 Å². The molecule has 32 heavy (non-hydrogen) atoms. The number of nitrogens with two attached hydrogens (primary N) is 1. The standard InChI is InChI=1S/C24H19N5O2S/c25-32(30,31)21-12-8-19(9-13-21)23-28-22-15-26-16-27-24(22)29(23)20-10-6-18(7-11-20)14-17-4-2-1-3-5-17/h1-13,15-16H,14H2,(H2,25,30,31). The highest BCUT2D eigenvalue weighted by molar-refractivity contribution is 7.89. The molecular formula is C24H19N5O2S. The van der Waals surface area contributed by atoms with Gasteiger partial charge < -0.3 is 0 Å². The molecule has 5 rings (SSSR count). The molecule has 158 valence electrons. The van der Waals surface area contributed by atoms with E-state index in [1.54, 1.807) is 18.3 Å². The van der Waals surface area contributed by atoms with Crippen LogP contribution in [0.3, 0.4) is 0 Å². The maximum Gasteiger partial charge on any atom is 0.238 e. The quantitative estimate of drug-likeness (QED) is 0.448. The largest absolute Gasteiger partial charge is 0.277 e. The minimum Gasteiger partial charge on any atom is -0.277 e. The third-order valence-electron chi connectivity index (χ3n) is 5.21. The van der Waals surface area contributed by atoms with E-state index in [2.05, 4.69) is 34.2 Å². The van der Waals surface area contributed by atoms with E-state index in [9.17, 15) is 8.42 Å². The molecule has 0 aliphatic rings. The van der Waals surface area contributed by atoms with Gasteiger partial charge in [0, 0.05) is 11.3 Å². The van der Waals surface area contributed by atoms with Crippen molar-refractivity contribution in [1.82, 2.24) is 19.5 Å². The van der Waals surface area contributed by atoms with E-state index < -0.39 is 10.0 Å². The molecule has 0 saturated heterocycles. The van der Waals surface area contributed by atoms with Crippen LogP contribution >= 0.6 is 0 Å². The fourth-order valence-electron chi connectivity index (χ4n) is 3.66. The monoisotopic (exact) mass is 441 g/mol. The van der Waals surface area contributed by atoms with Crippen molar-refractivity contribution in [3.8, 4) is 17.1 Å². The summed E-state index contributed by atoms with van der Waals surface area (Å²) < 4.78 is 25.2. The maximum atomic E-state index is 11.6. The molecular weight excluding hydrogens is 422 g/mol. The molecule has 0 atom stereocenters. The van der Waals surface area contributed by atoms with Crippen LogP contribution in [0.25, 0.3) is 28.2 Å². The number of fused-ring (bicyclic) bond motifs is 1. The van der Waals surface area contributed by atoms with E-state index in [-0.39, 0.29) is 4.90 Å². The molecule has 2 N–H and O–H groups in total. The Hall–Kier alpha value is -3.88. The first kappa shape index (κ1) is 20.0. The van der Waals surface area contributed by atoms with Crippen LogP contribution in [0.4, 0.5) is 0 Å². The van der Waals surface area contributed by atoms with Gasteiger partial charge in [-0.3, -0.25) is 4.57 Å². The van der Waals surface area contributed by atoms with Crippen LogP contribution < -0.4 is 5.14 Å². The summed E-state index contributed by atoms with van der Waals surface area (Å²) in [6.07, 6.45) is 3.98. The summed E-state index contributed by atoms with van der Waals surface area (Å²) in [6, 6.07) is 24.9. The van der Waals surface area contributed by atoms with Crippen LogP contribution in [0, 0.1) is 0 Å². The minimum absolute atomic E-state index is 0.0500. The van der Waals surface area contributed by atoms with Gasteiger partial charge in [-0.15, -0.1) is 0 Å². The molecule has 0 fully saturated rings. The second-order valence-electron chi connectivity index (χ2n) is 7.40. The van der Waals surface area contributed by atoms with Gasteiger partial charge >= 0.3 is 0 Å². The van der Waals surface area contributed by atoms with Crippen LogP contribution in [0.5, 0.6) is 0 Å². The molecule has 3 aromatic carbocycles. The Bertz CT molecular complexity index is 1490. The molecule has 0 radical (unpaired) electrons. The Morgan fingerprint density at radius 2 is 1.53 bits per heavy atom. The van der Waals surface area contributed by atoms with Gasteiger partial charge in [-0.2, -0.15) is 0 Å². The zero-order chi connectivity index (χ0) is 22.1. The van der Waals surface area contributed by atoms with Gasteiger partial charge in [-0.25, -0.2) is 28.5 Å². The lowest BCUT2D eigenvalue weighted by Gasteiger charge is -2.10. The second-order valence-corrected chi connectivity index (χ2v) is 8.96. The van der Waals surface area contributed by atoms with Crippen LogP contribution in [0.15, 0.2) is 96.3 Å². The van der Waals surface area contributed by atoms with Gasteiger partial charge in [0.15, 0.2) is 5.65 Å². The molecule has 0 saturated carbocycles. The highest BCUT2D eigenvalue weighted by atomic mass is 32.2. The molecule has 0 aliphatic carbocycles. The van der Waals surface area contributed by atoms with Crippen LogP contribution in [-0.2, 0) is 16.4 Å². The first-order chi connectivity index (χ1) is 15.5. The van der Waals surface area contributed by atoms with Crippen molar-refractivity contribution in [3.63, 3.8) is 0 Å². The first-order valence-electron chi connectivity index (χ1n) is 9.94. The summed E-state index contributed by atoms with van der Waals surface area (Å²) in [4.78, 5) is 13.3. The summed E-state index contributed by atoms with van der Waals surface area (Å²) in [5, 5.41) is 5.23. The number of sulfonamides is 1. The summed E-state index contributed by atoms with van der Waals surface area (Å²) in [5.74, 6) is 0.636. The number of hydrogen-bond acceptors (Lipinski definition) is 5. The third-order valence-corrected chi connectivity index (χ3v) is 6.14. The molecule has 8 heteroatoms. The lowest BCUT2D eigenvalue weighted by molar-refractivity contribution is 0.598. The summed E-state index contributed by atoms with van der Waals surface area (Å²) in [7, 11) is -3.77. The number of imidazole rings is 1. The summed E-state index contributed by atoms with van der Waals surface area (Å²) in [5.41, 5.74) is 5.39. The zero-order valence-electron chi connectivity index (χ0n) is 17.0. The summed E-state index contributed by atoms with van der Waals surface area (Å²) in [6.45, 7) is 0. The van der Waals surface area contributed by atoms with Crippen LogP contribution in [-0.4, -0.2) is 27.9 Å². The van der Waals surface area contributed by atoms with Gasteiger partial charge in [0.05, 0.1) is 11.1 Å². The SMILES string of the molecule is NS(=O)(=O)c1ccc(-c2nc3cncnc3n2-c2ccc(Cc3ccccc3)cc2)cc1. The number of benzene rings is 3. The lowest BCUT2D eigenvalue weighted by atomic mass is 10.0. The fourth-order valence-corrected chi connectivity index (χ4v) is 4.17. The maximum absolute atomic E-state index is 11.6. The van der Waals surface area contributed by atoms with E-state index in [1.807, 2.05) is 34.9 Å². The van der Waals surface area contributed by atoms with Gasteiger partial charge in [-0.1, -0.05) is 42.5 Å². The number of rotatable bonds is 5. The zero-order valence-corrected chi connectivity index (χ0v) is 17.8. The molecule has 0 bridgehead atoms. The number of nitrogens with zero attached hydrogens (tertiary/aromatic N) is 4. The highest BCUT2D eigenvalue weighted by Crippen LogP contribution is 2.28. The number of primary sulfonamides is 1. The number of hydrogen-bond donors (Lipinski definition) is 1. The Labute approximate surface area is 185 Å². The molecule has 0 amide bonds. The lowest BCUT2D eigenvalue weighted by Crippen LogP contribution is -2.11. The van der Waals surface area contributed by atoms with E-state index in [1.165, 1.54) is 29.6 Å². The van der Waals surface area contributed by atoms with Crippen molar-refractivity contribution in [2.24, 2.45) is 5.14 Å². The molecule has 0 unspecified atom stereocenters. The van der Waals surface area contributed by atoms with E-state index in [4.69, 9.17) is 10.1 Å². The molecule has 7 nitrogen and oxygen atoms in total. The average Bonchev–Trinajstić information content (AvgIpc) is 3.19. The molecule has 2 heterocycles. The third kappa shape index (κ3) is 3.89. The van der Waals surface area contributed by atoms with E-state index in [0.717, 1.165) is 17.7 Å². The Kier molecular flexibility index (Phi) is 5.01. The Morgan fingerprint density at radius 1 is 0.844 bits per heavy atom. The number of aromatic nitrogens is 4. The average molecular weight is 442 g/mol. The van der Waals surface area contributed by atoms with Crippen molar-refractivity contribution < 1.29 is 8.42 Å². The van der Waals surface area contributed by atoms with E-state index >= 15 is 0 Å². The highest BCUT2D eigenvalue weighted by Gasteiger charge is 2.16. The second kappa shape index (κ2) is 7.99. The van der Waals surface area contributed by atoms with Crippen molar-refractivity contribution in [1.29, 1.82) is 0 Å². The van der Waals surface area contributed by atoms with Crippen molar-refractivity contribution in [2.75, 3.05) is 0 Å².